The molecule has 0 aliphatic rings. The first-order valence-corrected chi connectivity index (χ1v) is 4.59. The van der Waals surface area contributed by atoms with Crippen molar-refractivity contribution in [2.24, 2.45) is 0 Å². The van der Waals surface area contributed by atoms with E-state index in [4.69, 9.17) is 19.5 Å². The summed E-state index contributed by atoms with van der Waals surface area (Å²) in [4.78, 5) is 4.04. The number of nitriles is 1. The van der Waals surface area contributed by atoms with Crippen molar-refractivity contribution < 1.29 is 14.2 Å². The third kappa shape index (κ3) is 4.73. The highest BCUT2D eigenvalue weighted by atomic mass is 16.7. The summed E-state index contributed by atoms with van der Waals surface area (Å²) in [5.41, 5.74) is 1.03. The second kappa shape index (κ2) is 8.65. The third-order valence-electron chi connectivity index (χ3n) is 1.93. The summed E-state index contributed by atoms with van der Waals surface area (Å²) in [6.45, 7) is 3.50. The number of nitrogens with zero attached hydrogens (tertiary/aromatic N) is 2. The van der Waals surface area contributed by atoms with E-state index in [1.807, 2.05) is 6.07 Å². The molecule has 5 heteroatoms. The lowest BCUT2D eigenvalue weighted by atomic mass is 10.2. The Balaban J connectivity index is 0.00000106. The van der Waals surface area contributed by atoms with Crippen molar-refractivity contribution in [3.05, 3.63) is 24.0 Å². The quantitative estimate of drug-likeness (QED) is 0.707. The molecular weight excluding hydrogens is 208 g/mol. The molecule has 0 amide bonds. The fraction of sp³-hybridized carbons (Fsp3) is 0.455. The fourth-order valence-corrected chi connectivity index (χ4v) is 1.14. The van der Waals surface area contributed by atoms with Crippen LogP contribution < -0.4 is 4.74 Å². The van der Waals surface area contributed by atoms with Gasteiger partial charge in [-0.15, -0.1) is 0 Å². The lowest BCUT2D eigenvalue weighted by Crippen LogP contribution is -2.16. The van der Waals surface area contributed by atoms with Crippen molar-refractivity contribution in [2.75, 3.05) is 21.3 Å². The maximum absolute atomic E-state index is 6.50. The molecule has 0 aliphatic carbocycles. The standard InChI is InChI=1S/C10H15NO3.CHN/c1-12-9-4-8(6-11-7-9)5-10(13-2)14-3;1-2/h4,6-7,10H,5H2,1-3H3;1H. The van der Waals surface area contributed by atoms with Crippen LogP contribution in [0.1, 0.15) is 5.56 Å². The predicted octanol–water partition coefficient (Wildman–Crippen LogP) is 1.39. The Morgan fingerprint density at radius 1 is 1.25 bits per heavy atom. The highest BCUT2D eigenvalue weighted by molar-refractivity contribution is 5.23. The highest BCUT2D eigenvalue weighted by Gasteiger charge is 2.07. The van der Waals surface area contributed by atoms with Crippen LogP contribution in [0.4, 0.5) is 0 Å². The molecule has 0 saturated carbocycles. The summed E-state index contributed by atoms with van der Waals surface area (Å²) < 4.78 is 15.2. The lowest BCUT2D eigenvalue weighted by molar-refractivity contribution is -0.100. The van der Waals surface area contributed by atoms with Gasteiger partial charge in [-0.05, 0) is 11.6 Å². The maximum atomic E-state index is 6.50. The number of aromatic nitrogens is 1. The number of methoxy groups -OCH3 is 3. The van der Waals surface area contributed by atoms with Crippen LogP contribution in [-0.4, -0.2) is 32.6 Å². The van der Waals surface area contributed by atoms with Gasteiger partial charge in [0.1, 0.15) is 5.75 Å². The Hall–Kier alpha value is -1.64. The van der Waals surface area contributed by atoms with Gasteiger partial charge >= 0.3 is 0 Å². The van der Waals surface area contributed by atoms with Gasteiger partial charge in [0.25, 0.3) is 0 Å². The molecule has 88 valence electrons. The van der Waals surface area contributed by atoms with Crippen LogP contribution in [0.15, 0.2) is 18.5 Å². The Morgan fingerprint density at radius 3 is 2.38 bits per heavy atom. The summed E-state index contributed by atoms with van der Waals surface area (Å²) in [6.07, 6.45) is 3.87. The van der Waals surface area contributed by atoms with Gasteiger partial charge in [0, 0.05) is 33.4 Å². The largest absolute Gasteiger partial charge is 0.495 e. The average molecular weight is 224 g/mol. The molecule has 0 unspecified atom stereocenters. The summed E-state index contributed by atoms with van der Waals surface area (Å²) in [5.74, 6) is 0.744. The molecule has 1 heterocycles. The summed E-state index contributed by atoms with van der Waals surface area (Å²) in [5, 5.41) is 6.50. The molecule has 0 aromatic carbocycles. The molecule has 1 aromatic heterocycles. The van der Waals surface area contributed by atoms with Crippen molar-refractivity contribution >= 4 is 0 Å². The SMILES string of the molecule is C#N.COc1cncc(CC(OC)OC)c1. The minimum Gasteiger partial charge on any atom is -0.495 e. The Bertz CT molecular complexity index is 311. The molecule has 1 aromatic rings. The van der Waals surface area contributed by atoms with Crippen LogP contribution in [0.5, 0.6) is 5.75 Å². The van der Waals surface area contributed by atoms with Crippen molar-refractivity contribution in [2.45, 2.75) is 12.7 Å². The van der Waals surface area contributed by atoms with E-state index in [9.17, 15) is 0 Å². The second-order valence-corrected chi connectivity index (χ2v) is 2.84. The second-order valence-electron chi connectivity index (χ2n) is 2.84. The fourth-order valence-electron chi connectivity index (χ4n) is 1.14. The van der Waals surface area contributed by atoms with E-state index < -0.39 is 0 Å². The minimum absolute atomic E-state index is 0.232. The van der Waals surface area contributed by atoms with E-state index >= 15 is 0 Å². The average Bonchev–Trinajstić information content (AvgIpc) is 2.38. The molecule has 16 heavy (non-hydrogen) atoms. The molecular formula is C11H16N2O3. The Labute approximate surface area is 95.6 Å². The van der Waals surface area contributed by atoms with E-state index in [1.54, 1.807) is 33.7 Å². The molecule has 0 aliphatic heterocycles. The molecule has 0 atom stereocenters. The van der Waals surface area contributed by atoms with Crippen molar-refractivity contribution in [1.82, 2.24) is 4.98 Å². The normalized spacial score (nSPS) is 9.38. The topological polar surface area (TPSA) is 64.4 Å². The van der Waals surface area contributed by atoms with Crippen molar-refractivity contribution in [3.8, 4) is 12.3 Å². The van der Waals surface area contributed by atoms with Crippen molar-refractivity contribution in [3.63, 3.8) is 0 Å². The van der Waals surface area contributed by atoms with Gasteiger partial charge in [-0.1, -0.05) is 0 Å². The molecule has 1 rings (SSSR count). The number of ether oxygens (including phenoxy) is 3. The van der Waals surface area contributed by atoms with Gasteiger partial charge < -0.3 is 14.2 Å². The van der Waals surface area contributed by atoms with Crippen LogP contribution in [0.3, 0.4) is 0 Å². The summed E-state index contributed by atoms with van der Waals surface area (Å²) in [6, 6.07) is 1.91. The Kier molecular flexibility index (Phi) is 7.76. The molecule has 0 radical (unpaired) electrons. The summed E-state index contributed by atoms with van der Waals surface area (Å²) >= 11 is 0. The first-order valence-electron chi connectivity index (χ1n) is 4.59. The first-order chi connectivity index (χ1) is 7.80. The minimum atomic E-state index is -0.232. The molecule has 0 saturated heterocycles. The number of rotatable bonds is 5. The van der Waals surface area contributed by atoms with Crippen molar-refractivity contribution in [1.29, 1.82) is 5.26 Å². The van der Waals surface area contributed by atoms with E-state index in [0.29, 0.717) is 6.42 Å². The van der Waals surface area contributed by atoms with E-state index in [-0.39, 0.29) is 6.29 Å². The maximum Gasteiger partial charge on any atom is 0.160 e. The van der Waals surface area contributed by atoms with Crippen LogP contribution in [-0.2, 0) is 15.9 Å². The van der Waals surface area contributed by atoms with Crippen LogP contribution in [0.25, 0.3) is 0 Å². The first kappa shape index (κ1) is 14.4. The van der Waals surface area contributed by atoms with Gasteiger partial charge in [-0.3, -0.25) is 4.98 Å². The summed E-state index contributed by atoms with van der Waals surface area (Å²) in [7, 11) is 4.84. The third-order valence-corrected chi connectivity index (χ3v) is 1.93. The predicted molar refractivity (Wildman–Crippen MR) is 59.0 cm³/mol. The zero-order valence-corrected chi connectivity index (χ0v) is 9.71. The van der Waals surface area contributed by atoms with Gasteiger partial charge in [0.15, 0.2) is 6.29 Å². The van der Waals surface area contributed by atoms with Gasteiger partial charge in [-0.2, -0.15) is 0 Å². The van der Waals surface area contributed by atoms with Gasteiger partial charge in [0.05, 0.1) is 13.3 Å². The van der Waals surface area contributed by atoms with E-state index in [1.165, 1.54) is 0 Å². The molecule has 5 nitrogen and oxygen atoms in total. The zero-order valence-electron chi connectivity index (χ0n) is 9.71. The van der Waals surface area contributed by atoms with E-state index in [0.717, 1.165) is 11.3 Å². The number of hydrogen-bond donors (Lipinski definition) is 0. The number of hydrogen-bond acceptors (Lipinski definition) is 5. The van der Waals surface area contributed by atoms with Crippen LogP contribution in [0.2, 0.25) is 0 Å². The zero-order chi connectivity index (χ0) is 12.4. The smallest absolute Gasteiger partial charge is 0.160 e. The Morgan fingerprint density at radius 2 is 1.88 bits per heavy atom. The highest BCUT2D eigenvalue weighted by Crippen LogP contribution is 2.12. The molecule has 0 bridgehead atoms. The van der Waals surface area contributed by atoms with Crippen LogP contribution in [0, 0.1) is 11.8 Å². The molecule has 0 spiro atoms. The molecule has 0 N–H and O–H groups in total. The van der Waals surface area contributed by atoms with Gasteiger partial charge in [-0.25, -0.2) is 5.26 Å². The molecule has 0 fully saturated rings. The monoisotopic (exact) mass is 224 g/mol. The number of pyridine rings is 1. The lowest BCUT2D eigenvalue weighted by Gasteiger charge is -2.13. The van der Waals surface area contributed by atoms with E-state index in [2.05, 4.69) is 11.6 Å². The van der Waals surface area contributed by atoms with Crippen LogP contribution >= 0.6 is 0 Å². The van der Waals surface area contributed by atoms with Gasteiger partial charge in [0.2, 0.25) is 0 Å².